The third-order valence-corrected chi connectivity index (χ3v) is 3.03. The van der Waals surface area contributed by atoms with E-state index in [0.29, 0.717) is 12.4 Å². The second-order valence-corrected chi connectivity index (χ2v) is 4.71. The van der Waals surface area contributed by atoms with Crippen LogP contribution in [-0.4, -0.2) is 19.7 Å². The first kappa shape index (κ1) is 13.2. The van der Waals surface area contributed by atoms with E-state index >= 15 is 0 Å². The predicted molar refractivity (Wildman–Crippen MR) is 77.8 cm³/mol. The van der Waals surface area contributed by atoms with Crippen molar-refractivity contribution in [1.82, 2.24) is 19.7 Å². The van der Waals surface area contributed by atoms with Crippen molar-refractivity contribution in [3.05, 3.63) is 66.1 Å². The highest BCUT2D eigenvalue weighted by Gasteiger charge is 2.05. The summed E-state index contributed by atoms with van der Waals surface area (Å²) >= 11 is 0. The van der Waals surface area contributed by atoms with Crippen LogP contribution < -0.4 is 5.32 Å². The minimum absolute atomic E-state index is 0.446. The average molecular weight is 283 g/mol. The summed E-state index contributed by atoms with van der Waals surface area (Å²) < 4.78 is 14.9. The normalized spacial score (nSPS) is 10.6. The number of anilines is 2. The smallest absolute Gasteiger partial charge is 0.310 e. The fourth-order valence-corrected chi connectivity index (χ4v) is 1.97. The van der Waals surface area contributed by atoms with Gasteiger partial charge in [0.05, 0.1) is 18.4 Å². The molecule has 106 valence electrons. The number of hydrogen-bond acceptors (Lipinski definition) is 4. The number of rotatable bonds is 4. The Morgan fingerprint density at radius 2 is 2.00 bits per heavy atom. The monoisotopic (exact) mass is 283 g/mol. The molecule has 0 fully saturated rings. The largest absolute Gasteiger partial charge is 0.337 e. The van der Waals surface area contributed by atoms with E-state index in [2.05, 4.69) is 20.4 Å². The number of aryl methyl sites for hydroxylation is 1. The van der Waals surface area contributed by atoms with Crippen molar-refractivity contribution in [2.24, 2.45) is 0 Å². The van der Waals surface area contributed by atoms with Gasteiger partial charge in [-0.2, -0.15) is 14.5 Å². The van der Waals surface area contributed by atoms with Crippen molar-refractivity contribution in [1.29, 1.82) is 0 Å². The zero-order chi connectivity index (χ0) is 14.7. The summed E-state index contributed by atoms with van der Waals surface area (Å²) in [7, 11) is 0. The Balaban J connectivity index is 1.75. The van der Waals surface area contributed by atoms with E-state index in [0.717, 1.165) is 16.8 Å². The Morgan fingerprint density at radius 3 is 2.81 bits per heavy atom. The van der Waals surface area contributed by atoms with E-state index in [1.165, 1.54) is 6.20 Å². The van der Waals surface area contributed by atoms with E-state index in [9.17, 15) is 4.39 Å². The molecule has 0 amide bonds. The van der Waals surface area contributed by atoms with Gasteiger partial charge in [0.2, 0.25) is 0 Å². The summed E-state index contributed by atoms with van der Waals surface area (Å²) in [6.45, 7) is 2.50. The van der Waals surface area contributed by atoms with Gasteiger partial charge in [0.15, 0.2) is 0 Å². The lowest BCUT2D eigenvalue weighted by molar-refractivity contribution is 0.539. The second-order valence-electron chi connectivity index (χ2n) is 4.71. The molecule has 0 unspecified atom stereocenters. The van der Waals surface area contributed by atoms with Crippen molar-refractivity contribution in [3.8, 4) is 0 Å². The molecule has 2 aromatic heterocycles. The van der Waals surface area contributed by atoms with Crippen molar-refractivity contribution >= 4 is 11.5 Å². The highest BCUT2D eigenvalue weighted by molar-refractivity contribution is 5.56. The van der Waals surface area contributed by atoms with E-state index in [1.807, 2.05) is 48.1 Å². The third kappa shape index (κ3) is 3.22. The molecule has 0 aliphatic heterocycles. The SMILES string of the molecule is Cc1cnc(F)nc1Nc1cnn(Cc2ccccc2)c1. The number of aromatic nitrogens is 4. The van der Waals surface area contributed by atoms with Crippen molar-refractivity contribution < 1.29 is 4.39 Å². The van der Waals surface area contributed by atoms with Gasteiger partial charge in [0.25, 0.3) is 0 Å². The van der Waals surface area contributed by atoms with Gasteiger partial charge in [-0.1, -0.05) is 30.3 Å². The van der Waals surface area contributed by atoms with Crippen LogP contribution in [0.25, 0.3) is 0 Å². The van der Waals surface area contributed by atoms with Crippen molar-refractivity contribution in [2.45, 2.75) is 13.5 Å². The molecule has 1 N–H and O–H groups in total. The molecule has 0 radical (unpaired) electrons. The number of hydrogen-bond donors (Lipinski definition) is 1. The molecule has 2 heterocycles. The molecule has 0 aliphatic carbocycles. The van der Waals surface area contributed by atoms with Gasteiger partial charge in [-0.15, -0.1) is 0 Å². The van der Waals surface area contributed by atoms with E-state index in [1.54, 1.807) is 6.20 Å². The number of halogens is 1. The molecule has 3 aromatic rings. The molecular formula is C15H14FN5. The molecule has 5 nitrogen and oxygen atoms in total. The fourth-order valence-electron chi connectivity index (χ4n) is 1.97. The Morgan fingerprint density at radius 1 is 1.19 bits per heavy atom. The Labute approximate surface area is 121 Å². The molecule has 0 spiro atoms. The topological polar surface area (TPSA) is 55.6 Å². The Hall–Kier alpha value is -2.76. The second kappa shape index (κ2) is 5.70. The lowest BCUT2D eigenvalue weighted by Crippen LogP contribution is -2.01. The summed E-state index contributed by atoms with van der Waals surface area (Å²) in [5.74, 6) is 0.446. The Bertz CT molecular complexity index is 739. The summed E-state index contributed by atoms with van der Waals surface area (Å²) in [5.41, 5.74) is 2.69. The number of nitrogens with one attached hydrogen (secondary N) is 1. The van der Waals surface area contributed by atoms with Crippen LogP contribution in [-0.2, 0) is 6.54 Å². The molecule has 0 saturated heterocycles. The minimum Gasteiger partial charge on any atom is -0.337 e. The van der Waals surface area contributed by atoms with Crippen LogP contribution in [0.1, 0.15) is 11.1 Å². The highest BCUT2D eigenvalue weighted by Crippen LogP contribution is 2.17. The van der Waals surface area contributed by atoms with Gasteiger partial charge in [0.1, 0.15) is 5.82 Å². The van der Waals surface area contributed by atoms with Crippen LogP contribution in [0, 0.1) is 13.0 Å². The summed E-state index contributed by atoms with van der Waals surface area (Å²) in [4.78, 5) is 7.24. The van der Waals surface area contributed by atoms with Crippen LogP contribution >= 0.6 is 0 Å². The van der Waals surface area contributed by atoms with Crippen molar-refractivity contribution in [3.63, 3.8) is 0 Å². The Kier molecular flexibility index (Phi) is 3.59. The zero-order valence-electron chi connectivity index (χ0n) is 11.5. The molecule has 6 heteroatoms. The lowest BCUT2D eigenvalue weighted by Gasteiger charge is -2.05. The predicted octanol–water partition coefficient (Wildman–Crippen LogP) is 2.91. The molecule has 1 aromatic carbocycles. The highest BCUT2D eigenvalue weighted by atomic mass is 19.1. The van der Waals surface area contributed by atoms with Crippen LogP contribution in [0.15, 0.2) is 48.9 Å². The first-order valence-electron chi connectivity index (χ1n) is 6.53. The van der Waals surface area contributed by atoms with Gasteiger partial charge in [-0.25, -0.2) is 4.98 Å². The fraction of sp³-hybridized carbons (Fsp3) is 0.133. The maximum Gasteiger partial charge on any atom is 0.310 e. The number of benzene rings is 1. The number of nitrogens with zero attached hydrogens (tertiary/aromatic N) is 4. The average Bonchev–Trinajstić information content (AvgIpc) is 2.91. The van der Waals surface area contributed by atoms with Crippen LogP contribution in [0.5, 0.6) is 0 Å². The van der Waals surface area contributed by atoms with Crippen LogP contribution in [0.4, 0.5) is 15.9 Å². The van der Waals surface area contributed by atoms with Crippen LogP contribution in [0.2, 0.25) is 0 Å². The quantitative estimate of drug-likeness (QED) is 0.748. The molecule has 3 rings (SSSR count). The van der Waals surface area contributed by atoms with Gasteiger partial charge in [0, 0.05) is 18.0 Å². The minimum atomic E-state index is -0.750. The zero-order valence-corrected chi connectivity index (χ0v) is 11.5. The van der Waals surface area contributed by atoms with Crippen LogP contribution in [0.3, 0.4) is 0 Å². The van der Waals surface area contributed by atoms with Gasteiger partial charge in [-0.05, 0) is 12.5 Å². The molecule has 0 saturated carbocycles. The van der Waals surface area contributed by atoms with E-state index in [-0.39, 0.29) is 0 Å². The first-order chi connectivity index (χ1) is 10.2. The lowest BCUT2D eigenvalue weighted by atomic mass is 10.2. The van der Waals surface area contributed by atoms with Gasteiger partial charge < -0.3 is 5.32 Å². The molecule has 0 aliphatic rings. The maximum atomic E-state index is 13.1. The molecule has 0 bridgehead atoms. The van der Waals surface area contributed by atoms with Crippen molar-refractivity contribution in [2.75, 3.05) is 5.32 Å². The maximum absolute atomic E-state index is 13.1. The van der Waals surface area contributed by atoms with Gasteiger partial charge >= 0.3 is 6.08 Å². The standard InChI is InChI=1S/C15H14FN5/c1-11-7-17-15(16)20-14(11)19-13-8-18-21(10-13)9-12-5-3-2-4-6-12/h2-8,10H,9H2,1H3,(H,17,19,20). The third-order valence-electron chi connectivity index (χ3n) is 3.03. The first-order valence-corrected chi connectivity index (χ1v) is 6.53. The summed E-state index contributed by atoms with van der Waals surface area (Å²) in [6.07, 6.45) is 4.23. The van der Waals surface area contributed by atoms with E-state index < -0.39 is 6.08 Å². The van der Waals surface area contributed by atoms with E-state index in [4.69, 9.17) is 0 Å². The molecule has 21 heavy (non-hydrogen) atoms. The van der Waals surface area contributed by atoms with Gasteiger partial charge in [-0.3, -0.25) is 4.68 Å². The molecule has 0 atom stereocenters. The summed E-state index contributed by atoms with van der Waals surface area (Å²) in [6, 6.07) is 10.0. The summed E-state index contributed by atoms with van der Waals surface area (Å²) in [5, 5.41) is 7.32. The molecular weight excluding hydrogens is 269 g/mol.